The molecule has 2 aromatic carbocycles. The predicted octanol–water partition coefficient (Wildman–Crippen LogP) is 5.83. The Labute approximate surface area is 276 Å². The van der Waals surface area contributed by atoms with E-state index in [2.05, 4.69) is 40.5 Å². The molecule has 2 aromatic rings. The fourth-order valence-electron chi connectivity index (χ4n) is 6.86. The zero-order chi connectivity index (χ0) is 31.1. The Bertz CT molecular complexity index is 1330. The number of halogens is 3. The lowest BCUT2D eigenvalue weighted by atomic mass is 9.79. The third kappa shape index (κ3) is 8.88. The first-order chi connectivity index (χ1) is 21.2. The van der Waals surface area contributed by atoms with Crippen molar-refractivity contribution in [1.29, 1.82) is 0 Å². The Hall–Kier alpha value is -1.43. The average Bonchev–Trinajstić information content (AvgIpc) is 3.01. The van der Waals surface area contributed by atoms with Gasteiger partial charge in [-0.15, -0.1) is 0 Å². The summed E-state index contributed by atoms with van der Waals surface area (Å²) >= 11 is 18.4. The number of rotatable bonds is 11. The van der Waals surface area contributed by atoms with Crippen molar-refractivity contribution >= 4 is 50.7 Å². The minimum absolute atomic E-state index is 0.0212. The largest absolute Gasteiger partial charge is 0.379 e. The molecule has 2 unspecified atom stereocenters. The molecule has 0 bridgehead atoms. The van der Waals surface area contributed by atoms with Gasteiger partial charge in [-0.3, -0.25) is 9.69 Å². The number of benzene rings is 2. The number of hydrogen-bond acceptors (Lipinski definition) is 6. The standard InChI is InChI=1S/C32H42Cl3N3O5S/c33-25-19-28(34)32(29(35)20-25)44(40,41)38-14-4-7-27(21-38)43-22-31(39)36-26-11-9-24(10-12-26)30(37-15-17-42-18-16-37)13-8-23-5-2-1-3-6-23/h1-3,5-6,19-20,24,26-27,30H,4,7-18,21-22H2,(H,36,39). The van der Waals surface area contributed by atoms with Gasteiger partial charge < -0.3 is 14.8 Å². The monoisotopic (exact) mass is 685 g/mol. The molecule has 1 aliphatic carbocycles. The Morgan fingerprint density at radius 1 is 0.977 bits per heavy atom. The van der Waals surface area contributed by atoms with Crippen molar-refractivity contribution in [3.63, 3.8) is 0 Å². The molecule has 8 nitrogen and oxygen atoms in total. The second kappa shape index (κ2) is 15.9. The molecule has 2 atom stereocenters. The van der Waals surface area contributed by atoms with E-state index in [9.17, 15) is 13.2 Å². The molecule has 2 aliphatic heterocycles. The van der Waals surface area contributed by atoms with Crippen LogP contribution < -0.4 is 5.32 Å². The molecule has 5 rings (SSSR count). The summed E-state index contributed by atoms with van der Waals surface area (Å²) in [6, 6.07) is 14.1. The fourth-order valence-corrected chi connectivity index (χ4v) is 9.86. The van der Waals surface area contributed by atoms with Gasteiger partial charge in [0.15, 0.2) is 0 Å². The molecule has 3 fully saturated rings. The summed E-state index contributed by atoms with van der Waals surface area (Å²) in [4.78, 5) is 15.3. The highest BCUT2D eigenvalue weighted by atomic mass is 35.5. The Balaban J connectivity index is 1.09. The van der Waals surface area contributed by atoms with Crippen LogP contribution in [0, 0.1) is 5.92 Å². The fraction of sp³-hybridized carbons (Fsp3) is 0.594. The minimum atomic E-state index is -3.96. The van der Waals surface area contributed by atoms with Crippen LogP contribution >= 0.6 is 34.8 Å². The number of sulfonamides is 1. The molecule has 1 saturated carbocycles. The van der Waals surface area contributed by atoms with Gasteiger partial charge in [0.1, 0.15) is 11.5 Å². The second-order valence-electron chi connectivity index (χ2n) is 12.1. The van der Waals surface area contributed by atoms with Crippen molar-refractivity contribution in [2.45, 2.75) is 74.4 Å². The van der Waals surface area contributed by atoms with E-state index in [1.807, 2.05) is 0 Å². The topological polar surface area (TPSA) is 88.2 Å². The van der Waals surface area contributed by atoms with Crippen LogP contribution in [0.1, 0.15) is 50.5 Å². The highest BCUT2D eigenvalue weighted by Gasteiger charge is 2.35. The molecule has 242 valence electrons. The van der Waals surface area contributed by atoms with Gasteiger partial charge in [0.25, 0.3) is 0 Å². The van der Waals surface area contributed by atoms with E-state index in [4.69, 9.17) is 44.3 Å². The maximum Gasteiger partial charge on any atom is 0.246 e. The Kier molecular flexibility index (Phi) is 12.3. The van der Waals surface area contributed by atoms with Crippen LogP contribution in [0.25, 0.3) is 0 Å². The highest BCUT2D eigenvalue weighted by molar-refractivity contribution is 7.89. The van der Waals surface area contributed by atoms with E-state index in [0.717, 1.165) is 64.8 Å². The zero-order valence-electron chi connectivity index (χ0n) is 24.9. The molecule has 2 heterocycles. The predicted molar refractivity (Wildman–Crippen MR) is 174 cm³/mol. The van der Waals surface area contributed by atoms with E-state index in [1.54, 1.807) is 0 Å². The summed E-state index contributed by atoms with van der Waals surface area (Å²) in [5.41, 5.74) is 1.38. The van der Waals surface area contributed by atoms with Gasteiger partial charge in [-0.05, 0) is 75.0 Å². The second-order valence-corrected chi connectivity index (χ2v) is 15.2. The van der Waals surface area contributed by atoms with E-state index in [0.29, 0.717) is 31.3 Å². The van der Waals surface area contributed by atoms with E-state index >= 15 is 0 Å². The van der Waals surface area contributed by atoms with Gasteiger partial charge in [0.2, 0.25) is 15.9 Å². The lowest BCUT2D eigenvalue weighted by Crippen LogP contribution is -2.49. The molecular formula is C32H42Cl3N3O5S. The van der Waals surface area contributed by atoms with Crippen LogP contribution in [-0.2, 0) is 30.7 Å². The molecule has 3 aliphatic rings. The number of carbonyl (C=O) groups excluding carboxylic acids is 1. The smallest absolute Gasteiger partial charge is 0.246 e. The molecular weight excluding hydrogens is 645 g/mol. The highest BCUT2D eigenvalue weighted by Crippen LogP contribution is 2.36. The summed E-state index contributed by atoms with van der Waals surface area (Å²) in [6.07, 6.45) is 7.11. The normalized spacial score (nSPS) is 24.6. The molecule has 2 saturated heterocycles. The molecule has 0 spiro atoms. The maximum absolute atomic E-state index is 13.3. The van der Waals surface area contributed by atoms with Crippen molar-refractivity contribution in [1.82, 2.24) is 14.5 Å². The van der Waals surface area contributed by atoms with Crippen molar-refractivity contribution in [3.05, 3.63) is 63.1 Å². The van der Waals surface area contributed by atoms with E-state index < -0.39 is 16.1 Å². The van der Waals surface area contributed by atoms with Crippen molar-refractivity contribution < 1.29 is 22.7 Å². The molecule has 0 aromatic heterocycles. The number of morpholine rings is 1. The number of nitrogens with one attached hydrogen (secondary N) is 1. The molecule has 0 radical (unpaired) electrons. The number of nitrogens with zero attached hydrogens (tertiary/aromatic N) is 2. The average molecular weight is 687 g/mol. The maximum atomic E-state index is 13.3. The van der Waals surface area contributed by atoms with Crippen molar-refractivity contribution in [2.24, 2.45) is 5.92 Å². The molecule has 12 heteroatoms. The number of amides is 1. The third-order valence-corrected chi connectivity index (χ3v) is 12.1. The number of ether oxygens (including phenoxy) is 2. The number of hydrogen-bond donors (Lipinski definition) is 1. The van der Waals surface area contributed by atoms with Gasteiger partial charge in [-0.25, -0.2) is 8.42 Å². The number of aryl methyl sites for hydroxylation is 1. The summed E-state index contributed by atoms with van der Waals surface area (Å²) in [7, 11) is -3.96. The molecule has 1 amide bonds. The molecule has 44 heavy (non-hydrogen) atoms. The summed E-state index contributed by atoms with van der Waals surface area (Å²) in [5, 5.41) is 3.39. The quantitative estimate of drug-likeness (QED) is 0.321. The van der Waals surface area contributed by atoms with Gasteiger partial charge >= 0.3 is 0 Å². The van der Waals surface area contributed by atoms with Crippen LogP contribution in [-0.4, -0.2) is 87.7 Å². The van der Waals surface area contributed by atoms with Crippen LogP contribution in [0.15, 0.2) is 47.4 Å². The van der Waals surface area contributed by atoms with Crippen LogP contribution in [0.3, 0.4) is 0 Å². The van der Waals surface area contributed by atoms with Gasteiger partial charge in [0.05, 0.1) is 29.4 Å². The zero-order valence-corrected chi connectivity index (χ0v) is 28.0. The van der Waals surface area contributed by atoms with Crippen LogP contribution in [0.5, 0.6) is 0 Å². The summed E-state index contributed by atoms with van der Waals surface area (Å²) < 4.78 is 39.6. The van der Waals surface area contributed by atoms with Crippen LogP contribution in [0.2, 0.25) is 15.1 Å². The Morgan fingerprint density at radius 3 is 2.34 bits per heavy atom. The van der Waals surface area contributed by atoms with Gasteiger partial charge in [-0.2, -0.15) is 4.31 Å². The first kappa shape index (κ1) is 33.9. The van der Waals surface area contributed by atoms with Gasteiger partial charge in [0, 0.05) is 43.3 Å². The lowest BCUT2D eigenvalue weighted by Gasteiger charge is -2.42. The van der Waals surface area contributed by atoms with Crippen molar-refractivity contribution in [2.75, 3.05) is 46.0 Å². The van der Waals surface area contributed by atoms with Gasteiger partial charge in [-0.1, -0.05) is 65.1 Å². The number of carbonyl (C=O) groups is 1. The van der Waals surface area contributed by atoms with Crippen molar-refractivity contribution in [3.8, 4) is 0 Å². The minimum Gasteiger partial charge on any atom is -0.379 e. The summed E-state index contributed by atoms with van der Waals surface area (Å²) in [5.74, 6) is 0.435. The first-order valence-electron chi connectivity index (χ1n) is 15.6. The summed E-state index contributed by atoms with van der Waals surface area (Å²) in [6.45, 7) is 3.89. The van der Waals surface area contributed by atoms with E-state index in [-0.39, 0.29) is 45.1 Å². The SMILES string of the molecule is O=C(COC1CCCN(S(=O)(=O)c2c(Cl)cc(Cl)cc2Cl)C1)NC1CCC(C(CCc2ccccc2)N2CCOCC2)CC1. The van der Waals surface area contributed by atoms with Crippen LogP contribution in [0.4, 0.5) is 0 Å². The first-order valence-corrected chi connectivity index (χ1v) is 18.2. The lowest BCUT2D eigenvalue weighted by molar-refractivity contribution is -0.129. The Morgan fingerprint density at radius 2 is 1.66 bits per heavy atom. The third-order valence-electron chi connectivity index (χ3n) is 9.12. The number of piperidine rings is 1. The molecule has 1 N–H and O–H groups in total. The van der Waals surface area contributed by atoms with E-state index in [1.165, 1.54) is 22.0 Å².